The lowest BCUT2D eigenvalue weighted by molar-refractivity contribution is -0.0319. The van der Waals surface area contributed by atoms with Gasteiger partial charge < -0.3 is 10.4 Å². The summed E-state index contributed by atoms with van der Waals surface area (Å²) in [6, 6.07) is 0.785. The van der Waals surface area contributed by atoms with E-state index in [0.717, 1.165) is 31.3 Å². The third kappa shape index (κ3) is 3.93. The zero-order valence-electron chi connectivity index (χ0n) is 12.2. The first-order valence-corrected chi connectivity index (χ1v) is 8.42. The normalized spacial score (nSPS) is 31.6. The first kappa shape index (κ1) is 13.8. The van der Waals surface area contributed by atoms with E-state index < -0.39 is 0 Å². The molecule has 1 aliphatic heterocycles. The molecule has 0 aromatic rings. The maximum absolute atomic E-state index is 10.8. The summed E-state index contributed by atoms with van der Waals surface area (Å²) in [5.41, 5.74) is -0.372. The van der Waals surface area contributed by atoms with E-state index >= 15 is 0 Å². The maximum Gasteiger partial charge on any atom is 0.0774 e. The van der Waals surface area contributed by atoms with E-state index in [4.69, 9.17) is 0 Å². The smallest absolute Gasteiger partial charge is 0.0774 e. The Morgan fingerprint density at radius 1 is 1.05 bits per heavy atom. The molecule has 2 aliphatic carbocycles. The Kier molecular flexibility index (Phi) is 4.45. The molecule has 110 valence electrons. The molecule has 3 fully saturated rings. The van der Waals surface area contributed by atoms with Gasteiger partial charge in [0.1, 0.15) is 0 Å². The summed E-state index contributed by atoms with van der Waals surface area (Å²) in [7, 11) is 0. The van der Waals surface area contributed by atoms with Gasteiger partial charge in [0.15, 0.2) is 0 Å². The first-order chi connectivity index (χ1) is 9.25. The maximum atomic E-state index is 10.8. The monoisotopic (exact) mass is 266 g/mol. The van der Waals surface area contributed by atoms with Crippen LogP contribution in [-0.2, 0) is 0 Å². The minimum Gasteiger partial charge on any atom is -0.389 e. The molecule has 2 N–H and O–H groups in total. The van der Waals surface area contributed by atoms with E-state index in [1.54, 1.807) is 0 Å². The summed E-state index contributed by atoms with van der Waals surface area (Å²) in [5.74, 6) is 0.807. The average molecular weight is 266 g/mol. The van der Waals surface area contributed by atoms with Gasteiger partial charge >= 0.3 is 0 Å². The summed E-state index contributed by atoms with van der Waals surface area (Å²) in [6.07, 6.45) is 11.2. The summed E-state index contributed by atoms with van der Waals surface area (Å²) in [5, 5.41) is 14.3. The summed E-state index contributed by atoms with van der Waals surface area (Å²) in [4.78, 5) is 2.63. The summed E-state index contributed by atoms with van der Waals surface area (Å²) in [6.45, 7) is 4.53. The fourth-order valence-electron chi connectivity index (χ4n) is 3.94. The molecule has 0 bridgehead atoms. The van der Waals surface area contributed by atoms with Gasteiger partial charge in [0, 0.05) is 19.1 Å². The Labute approximate surface area is 117 Å². The molecular weight excluding hydrogens is 236 g/mol. The Balaban J connectivity index is 1.54. The predicted molar refractivity (Wildman–Crippen MR) is 78.2 cm³/mol. The van der Waals surface area contributed by atoms with Crippen LogP contribution in [0.2, 0.25) is 0 Å². The standard InChI is InChI=1S/C16H30N2O/c19-16(8-2-1-3-9-16)13-18(15-6-7-15)12-14-5-4-10-17-11-14/h14-15,17,19H,1-13H2. The average Bonchev–Trinajstić information content (AvgIpc) is 3.24. The van der Waals surface area contributed by atoms with Crippen LogP contribution in [0.5, 0.6) is 0 Å². The van der Waals surface area contributed by atoms with Crippen molar-refractivity contribution in [2.75, 3.05) is 26.2 Å². The molecule has 19 heavy (non-hydrogen) atoms. The van der Waals surface area contributed by atoms with E-state index in [2.05, 4.69) is 10.2 Å². The zero-order valence-corrected chi connectivity index (χ0v) is 12.2. The number of hydrogen-bond acceptors (Lipinski definition) is 3. The third-order valence-corrected chi connectivity index (χ3v) is 5.24. The van der Waals surface area contributed by atoms with Crippen molar-refractivity contribution >= 4 is 0 Å². The molecule has 0 aromatic heterocycles. The van der Waals surface area contributed by atoms with Crippen LogP contribution >= 0.6 is 0 Å². The predicted octanol–water partition coefficient (Wildman–Crippen LogP) is 2.15. The highest BCUT2D eigenvalue weighted by atomic mass is 16.3. The SMILES string of the molecule is OC1(CN(CC2CCCNC2)C2CC2)CCCCC1. The number of piperidine rings is 1. The van der Waals surface area contributed by atoms with Crippen LogP contribution in [-0.4, -0.2) is 47.8 Å². The Hall–Kier alpha value is -0.120. The third-order valence-electron chi connectivity index (χ3n) is 5.24. The highest BCUT2D eigenvalue weighted by Crippen LogP contribution is 2.34. The van der Waals surface area contributed by atoms with E-state index in [1.807, 2.05) is 0 Å². The quantitative estimate of drug-likeness (QED) is 0.800. The topological polar surface area (TPSA) is 35.5 Å². The Morgan fingerprint density at radius 3 is 2.47 bits per heavy atom. The molecule has 1 heterocycles. The van der Waals surface area contributed by atoms with Gasteiger partial charge in [-0.2, -0.15) is 0 Å². The molecule has 3 aliphatic rings. The molecule has 3 nitrogen and oxygen atoms in total. The molecular formula is C16H30N2O. The molecule has 0 amide bonds. The second-order valence-corrected chi connectivity index (χ2v) is 7.16. The van der Waals surface area contributed by atoms with E-state index in [0.29, 0.717) is 0 Å². The van der Waals surface area contributed by atoms with Crippen LogP contribution in [0.3, 0.4) is 0 Å². The van der Waals surface area contributed by atoms with Crippen LogP contribution in [0.15, 0.2) is 0 Å². The van der Waals surface area contributed by atoms with Crippen LogP contribution < -0.4 is 5.32 Å². The van der Waals surface area contributed by atoms with Crippen molar-refractivity contribution < 1.29 is 5.11 Å². The van der Waals surface area contributed by atoms with Gasteiger partial charge in [0.2, 0.25) is 0 Å². The van der Waals surface area contributed by atoms with Gasteiger partial charge in [-0.25, -0.2) is 0 Å². The van der Waals surface area contributed by atoms with Crippen molar-refractivity contribution in [1.29, 1.82) is 0 Å². The van der Waals surface area contributed by atoms with E-state index in [-0.39, 0.29) is 5.60 Å². The van der Waals surface area contributed by atoms with E-state index in [1.165, 1.54) is 64.6 Å². The fourth-order valence-corrected chi connectivity index (χ4v) is 3.94. The van der Waals surface area contributed by atoms with E-state index in [9.17, 15) is 5.11 Å². The molecule has 3 rings (SSSR count). The van der Waals surface area contributed by atoms with Gasteiger partial charge in [-0.3, -0.25) is 4.90 Å². The van der Waals surface area contributed by atoms with Gasteiger partial charge in [-0.15, -0.1) is 0 Å². The van der Waals surface area contributed by atoms with Crippen molar-refractivity contribution in [2.45, 2.75) is 69.4 Å². The van der Waals surface area contributed by atoms with Crippen molar-refractivity contribution in [2.24, 2.45) is 5.92 Å². The molecule has 2 saturated carbocycles. The van der Waals surface area contributed by atoms with Crippen molar-refractivity contribution in [1.82, 2.24) is 10.2 Å². The lowest BCUT2D eigenvalue weighted by Gasteiger charge is -2.39. The number of nitrogens with one attached hydrogen (secondary N) is 1. The summed E-state index contributed by atoms with van der Waals surface area (Å²) >= 11 is 0. The molecule has 1 unspecified atom stereocenters. The summed E-state index contributed by atoms with van der Waals surface area (Å²) < 4.78 is 0. The number of aliphatic hydroxyl groups is 1. The Morgan fingerprint density at radius 2 is 1.84 bits per heavy atom. The van der Waals surface area contributed by atoms with Gasteiger partial charge in [-0.1, -0.05) is 19.3 Å². The largest absolute Gasteiger partial charge is 0.389 e. The van der Waals surface area contributed by atoms with Crippen molar-refractivity contribution in [3.05, 3.63) is 0 Å². The van der Waals surface area contributed by atoms with Crippen molar-refractivity contribution in [3.8, 4) is 0 Å². The highest BCUT2D eigenvalue weighted by molar-refractivity contribution is 4.93. The molecule has 1 saturated heterocycles. The first-order valence-electron chi connectivity index (χ1n) is 8.42. The number of nitrogens with zero attached hydrogens (tertiary/aromatic N) is 1. The Bertz CT molecular complexity index is 278. The van der Waals surface area contributed by atoms with Crippen LogP contribution in [0.1, 0.15) is 57.8 Å². The van der Waals surface area contributed by atoms with Gasteiger partial charge in [0.25, 0.3) is 0 Å². The second kappa shape index (κ2) is 6.11. The van der Waals surface area contributed by atoms with Crippen LogP contribution in [0, 0.1) is 5.92 Å². The molecule has 0 aromatic carbocycles. The van der Waals surface area contributed by atoms with Gasteiger partial charge in [0.05, 0.1) is 5.60 Å². The molecule has 1 atom stereocenters. The van der Waals surface area contributed by atoms with Crippen LogP contribution in [0.25, 0.3) is 0 Å². The number of rotatable bonds is 5. The zero-order chi connectivity index (χ0) is 13.1. The molecule has 0 spiro atoms. The fraction of sp³-hybridized carbons (Fsp3) is 1.00. The lowest BCUT2D eigenvalue weighted by atomic mass is 9.84. The molecule has 3 heteroatoms. The molecule has 0 radical (unpaired) electrons. The minimum atomic E-state index is -0.372. The highest BCUT2D eigenvalue weighted by Gasteiger charge is 2.37. The van der Waals surface area contributed by atoms with Crippen LogP contribution in [0.4, 0.5) is 0 Å². The van der Waals surface area contributed by atoms with Crippen molar-refractivity contribution in [3.63, 3.8) is 0 Å². The second-order valence-electron chi connectivity index (χ2n) is 7.16. The number of hydrogen-bond donors (Lipinski definition) is 2. The van der Waals surface area contributed by atoms with Gasteiger partial charge in [-0.05, 0) is 57.5 Å². The lowest BCUT2D eigenvalue weighted by Crippen LogP contribution is -2.48. The minimum absolute atomic E-state index is 0.372.